The van der Waals surface area contributed by atoms with E-state index < -0.39 is 5.91 Å². The van der Waals surface area contributed by atoms with Crippen LogP contribution in [-0.2, 0) is 9.59 Å². The van der Waals surface area contributed by atoms with Gasteiger partial charge in [0.05, 0.1) is 20.8 Å². The van der Waals surface area contributed by atoms with Crippen molar-refractivity contribution in [1.82, 2.24) is 4.90 Å². The lowest BCUT2D eigenvalue weighted by Gasteiger charge is -2.26. The fourth-order valence-corrected chi connectivity index (χ4v) is 2.98. The summed E-state index contributed by atoms with van der Waals surface area (Å²) in [4.78, 5) is 25.4. The Balaban J connectivity index is 2.16. The SMILES string of the molecule is COc1ccc(C=CC(=O)N(CC(N)=O)C2CCCC2)c(OC)c1. The molecule has 1 aliphatic rings. The summed E-state index contributed by atoms with van der Waals surface area (Å²) in [5, 5.41) is 0. The third-order valence-corrected chi connectivity index (χ3v) is 4.22. The first-order chi connectivity index (χ1) is 11.5. The monoisotopic (exact) mass is 332 g/mol. The number of methoxy groups -OCH3 is 2. The number of ether oxygens (including phenoxy) is 2. The van der Waals surface area contributed by atoms with E-state index in [1.807, 2.05) is 6.07 Å². The number of hydrogen-bond acceptors (Lipinski definition) is 4. The molecule has 1 aromatic carbocycles. The molecule has 1 aromatic rings. The molecule has 130 valence electrons. The summed E-state index contributed by atoms with van der Waals surface area (Å²) in [7, 11) is 3.14. The Morgan fingerprint density at radius 1 is 1.25 bits per heavy atom. The van der Waals surface area contributed by atoms with Gasteiger partial charge in [-0.2, -0.15) is 0 Å². The molecule has 2 N–H and O–H groups in total. The zero-order valence-electron chi connectivity index (χ0n) is 14.2. The van der Waals surface area contributed by atoms with E-state index in [0.717, 1.165) is 31.2 Å². The van der Waals surface area contributed by atoms with Crippen LogP contribution in [0.25, 0.3) is 6.08 Å². The molecule has 0 atom stereocenters. The molecule has 0 unspecified atom stereocenters. The summed E-state index contributed by atoms with van der Waals surface area (Å²) in [6.07, 6.45) is 7.12. The molecule has 2 rings (SSSR count). The van der Waals surface area contributed by atoms with Crippen LogP contribution in [0.4, 0.5) is 0 Å². The van der Waals surface area contributed by atoms with E-state index in [4.69, 9.17) is 15.2 Å². The number of amides is 2. The zero-order chi connectivity index (χ0) is 17.5. The molecule has 1 aliphatic carbocycles. The van der Waals surface area contributed by atoms with E-state index in [0.29, 0.717) is 11.5 Å². The second-order valence-corrected chi connectivity index (χ2v) is 5.81. The van der Waals surface area contributed by atoms with Crippen molar-refractivity contribution in [3.8, 4) is 11.5 Å². The van der Waals surface area contributed by atoms with Crippen molar-refractivity contribution >= 4 is 17.9 Å². The standard InChI is InChI=1S/C18H24N2O4/c1-23-15-9-7-13(16(11-15)24-2)8-10-18(22)20(12-17(19)21)14-5-3-4-6-14/h7-11,14H,3-6,12H2,1-2H3,(H2,19,21). The quantitative estimate of drug-likeness (QED) is 0.774. The molecular formula is C18H24N2O4. The van der Waals surface area contributed by atoms with Crippen LogP contribution >= 0.6 is 0 Å². The van der Waals surface area contributed by atoms with Crippen molar-refractivity contribution in [1.29, 1.82) is 0 Å². The number of nitrogens with zero attached hydrogens (tertiary/aromatic N) is 1. The topological polar surface area (TPSA) is 81.9 Å². The summed E-state index contributed by atoms with van der Waals surface area (Å²) in [6, 6.07) is 5.45. The average Bonchev–Trinajstić information content (AvgIpc) is 3.11. The van der Waals surface area contributed by atoms with E-state index in [9.17, 15) is 9.59 Å². The van der Waals surface area contributed by atoms with E-state index >= 15 is 0 Å². The fourth-order valence-electron chi connectivity index (χ4n) is 2.98. The minimum absolute atomic E-state index is 0.0480. The first kappa shape index (κ1) is 17.8. The highest BCUT2D eigenvalue weighted by atomic mass is 16.5. The number of rotatable bonds is 7. The Bertz CT molecular complexity index is 621. The van der Waals surface area contributed by atoms with Crippen LogP contribution in [0.2, 0.25) is 0 Å². The molecule has 1 saturated carbocycles. The van der Waals surface area contributed by atoms with E-state index in [2.05, 4.69) is 0 Å². The highest BCUT2D eigenvalue weighted by molar-refractivity contribution is 5.94. The third-order valence-electron chi connectivity index (χ3n) is 4.22. The number of nitrogens with two attached hydrogens (primary N) is 1. The summed E-state index contributed by atoms with van der Waals surface area (Å²) >= 11 is 0. The highest BCUT2D eigenvalue weighted by Crippen LogP contribution is 2.26. The first-order valence-corrected chi connectivity index (χ1v) is 8.04. The van der Waals surface area contributed by atoms with Crippen molar-refractivity contribution in [3.63, 3.8) is 0 Å². The Kier molecular flexibility index (Phi) is 6.23. The summed E-state index contributed by atoms with van der Waals surface area (Å²) in [5.74, 6) is 0.585. The van der Waals surface area contributed by atoms with Crippen molar-refractivity contribution in [2.24, 2.45) is 5.73 Å². The van der Waals surface area contributed by atoms with E-state index in [1.165, 1.54) is 6.08 Å². The van der Waals surface area contributed by atoms with Crippen molar-refractivity contribution in [2.75, 3.05) is 20.8 Å². The smallest absolute Gasteiger partial charge is 0.247 e. The van der Waals surface area contributed by atoms with Gasteiger partial charge in [0.2, 0.25) is 11.8 Å². The average molecular weight is 332 g/mol. The van der Waals surface area contributed by atoms with Crippen LogP contribution in [0.3, 0.4) is 0 Å². The number of primary amides is 1. The molecule has 0 radical (unpaired) electrons. The van der Waals surface area contributed by atoms with Crippen LogP contribution in [0, 0.1) is 0 Å². The van der Waals surface area contributed by atoms with Gasteiger partial charge in [-0.25, -0.2) is 0 Å². The molecule has 24 heavy (non-hydrogen) atoms. The first-order valence-electron chi connectivity index (χ1n) is 8.04. The summed E-state index contributed by atoms with van der Waals surface area (Å²) in [5.41, 5.74) is 6.05. The second kappa shape index (κ2) is 8.38. The number of carbonyl (C=O) groups excluding carboxylic acids is 2. The van der Waals surface area contributed by atoms with Crippen LogP contribution < -0.4 is 15.2 Å². The van der Waals surface area contributed by atoms with Crippen LogP contribution in [-0.4, -0.2) is 43.5 Å². The second-order valence-electron chi connectivity index (χ2n) is 5.81. The largest absolute Gasteiger partial charge is 0.497 e. The van der Waals surface area contributed by atoms with Crippen molar-refractivity contribution < 1.29 is 19.1 Å². The van der Waals surface area contributed by atoms with Crippen molar-refractivity contribution in [2.45, 2.75) is 31.7 Å². The lowest BCUT2D eigenvalue weighted by molar-refractivity contribution is -0.133. The zero-order valence-corrected chi connectivity index (χ0v) is 14.2. The Hall–Kier alpha value is -2.50. The highest BCUT2D eigenvalue weighted by Gasteiger charge is 2.26. The third kappa shape index (κ3) is 4.50. The van der Waals surface area contributed by atoms with Gasteiger partial charge < -0.3 is 20.1 Å². The minimum Gasteiger partial charge on any atom is -0.497 e. The molecule has 1 fully saturated rings. The number of carbonyl (C=O) groups is 2. The molecule has 0 heterocycles. The maximum absolute atomic E-state index is 12.5. The molecule has 0 saturated heterocycles. The lowest BCUT2D eigenvalue weighted by atomic mass is 10.1. The van der Waals surface area contributed by atoms with Gasteiger partial charge in [-0.05, 0) is 31.1 Å². The Morgan fingerprint density at radius 2 is 1.96 bits per heavy atom. The molecule has 0 spiro atoms. The predicted octanol–water partition coefficient (Wildman–Crippen LogP) is 1.97. The molecule has 0 aliphatic heterocycles. The number of hydrogen-bond donors (Lipinski definition) is 1. The molecule has 0 aromatic heterocycles. The van der Waals surface area contributed by atoms with Gasteiger partial charge in [-0.3, -0.25) is 9.59 Å². The molecule has 6 nitrogen and oxygen atoms in total. The van der Waals surface area contributed by atoms with E-state index in [1.54, 1.807) is 37.3 Å². The van der Waals surface area contributed by atoms with Gasteiger partial charge in [0.15, 0.2) is 0 Å². The maximum atomic E-state index is 12.5. The van der Waals surface area contributed by atoms with Gasteiger partial charge >= 0.3 is 0 Å². The summed E-state index contributed by atoms with van der Waals surface area (Å²) in [6.45, 7) is -0.0480. The molecule has 6 heteroatoms. The Labute approximate surface area is 142 Å². The minimum atomic E-state index is -0.495. The number of benzene rings is 1. The van der Waals surface area contributed by atoms with Gasteiger partial charge in [0.1, 0.15) is 11.5 Å². The van der Waals surface area contributed by atoms with Crippen molar-refractivity contribution in [3.05, 3.63) is 29.8 Å². The predicted molar refractivity (Wildman–Crippen MR) is 91.7 cm³/mol. The molecular weight excluding hydrogens is 308 g/mol. The summed E-state index contributed by atoms with van der Waals surface area (Å²) < 4.78 is 10.5. The van der Waals surface area contributed by atoms with Gasteiger partial charge in [0.25, 0.3) is 0 Å². The fraction of sp³-hybridized carbons (Fsp3) is 0.444. The normalized spacial score (nSPS) is 14.8. The lowest BCUT2D eigenvalue weighted by Crippen LogP contribution is -2.43. The maximum Gasteiger partial charge on any atom is 0.247 e. The van der Waals surface area contributed by atoms with Crippen LogP contribution in [0.5, 0.6) is 11.5 Å². The Morgan fingerprint density at radius 3 is 2.54 bits per heavy atom. The van der Waals surface area contributed by atoms with E-state index in [-0.39, 0.29) is 18.5 Å². The molecule has 2 amide bonds. The van der Waals surface area contributed by atoms with Crippen LogP contribution in [0.15, 0.2) is 24.3 Å². The molecule has 0 bridgehead atoms. The van der Waals surface area contributed by atoms with Gasteiger partial charge in [-0.15, -0.1) is 0 Å². The van der Waals surface area contributed by atoms with Gasteiger partial charge in [0, 0.05) is 23.7 Å². The van der Waals surface area contributed by atoms with Crippen LogP contribution in [0.1, 0.15) is 31.2 Å². The van der Waals surface area contributed by atoms with Gasteiger partial charge in [-0.1, -0.05) is 12.8 Å².